The van der Waals surface area contributed by atoms with Crippen molar-refractivity contribution in [2.45, 2.75) is 31.7 Å². The second-order valence-corrected chi connectivity index (χ2v) is 5.28. The van der Waals surface area contributed by atoms with Gasteiger partial charge in [0.15, 0.2) is 0 Å². The summed E-state index contributed by atoms with van der Waals surface area (Å²) in [4.78, 5) is 27.0. The van der Waals surface area contributed by atoms with Crippen LogP contribution < -0.4 is 5.32 Å². The molecule has 1 atom stereocenters. The predicted octanol–water partition coefficient (Wildman–Crippen LogP) is -0.818. The molecule has 2 aliphatic rings. The molecule has 2 fully saturated rings. The maximum atomic E-state index is 12.2. The predicted molar refractivity (Wildman–Crippen MR) is 70.5 cm³/mol. The molecule has 2 heterocycles. The molecule has 2 saturated heterocycles. The molecule has 0 aromatic heterocycles. The van der Waals surface area contributed by atoms with Gasteiger partial charge in [-0.15, -0.1) is 0 Å². The number of carbonyl (C=O) groups excluding carboxylic acids is 2. The molecule has 19 heavy (non-hydrogen) atoms. The summed E-state index contributed by atoms with van der Waals surface area (Å²) in [7, 11) is 0. The molecule has 1 unspecified atom stereocenters. The third-order valence-corrected chi connectivity index (χ3v) is 3.82. The van der Waals surface area contributed by atoms with Gasteiger partial charge in [0.1, 0.15) is 0 Å². The van der Waals surface area contributed by atoms with E-state index in [1.54, 1.807) is 9.80 Å². The van der Waals surface area contributed by atoms with Crippen molar-refractivity contribution < 1.29 is 14.7 Å². The topological polar surface area (TPSA) is 72.9 Å². The van der Waals surface area contributed by atoms with Gasteiger partial charge in [-0.3, -0.25) is 9.59 Å². The molecule has 0 aliphatic carbocycles. The molecule has 6 heteroatoms. The largest absolute Gasteiger partial charge is 0.395 e. The van der Waals surface area contributed by atoms with Gasteiger partial charge in [-0.1, -0.05) is 0 Å². The van der Waals surface area contributed by atoms with Gasteiger partial charge in [-0.05, 0) is 25.8 Å². The summed E-state index contributed by atoms with van der Waals surface area (Å²) < 4.78 is 0. The Morgan fingerprint density at radius 2 is 2.32 bits per heavy atom. The van der Waals surface area contributed by atoms with Crippen molar-refractivity contribution in [1.29, 1.82) is 0 Å². The number of hydrogen-bond donors (Lipinski definition) is 2. The molecule has 0 radical (unpaired) electrons. The van der Waals surface area contributed by atoms with Crippen LogP contribution in [-0.4, -0.2) is 72.1 Å². The Hall–Kier alpha value is -1.14. The molecule has 0 saturated carbocycles. The van der Waals surface area contributed by atoms with Crippen molar-refractivity contribution in [1.82, 2.24) is 15.1 Å². The third-order valence-electron chi connectivity index (χ3n) is 3.82. The van der Waals surface area contributed by atoms with E-state index in [1.165, 1.54) is 0 Å². The standard InChI is InChI=1S/C13H23N3O3/c17-8-7-16(9-11-3-1-5-14-11)13(19)10-15-6-2-4-12(15)18/h11,14,17H,1-10H2. The number of amides is 2. The third kappa shape index (κ3) is 3.91. The summed E-state index contributed by atoms with van der Waals surface area (Å²) in [5, 5.41) is 12.4. The number of nitrogens with one attached hydrogen (secondary N) is 1. The lowest BCUT2D eigenvalue weighted by Gasteiger charge is -2.27. The van der Waals surface area contributed by atoms with Crippen LogP contribution in [-0.2, 0) is 9.59 Å². The second-order valence-electron chi connectivity index (χ2n) is 5.28. The second kappa shape index (κ2) is 6.86. The van der Waals surface area contributed by atoms with Gasteiger partial charge in [0.05, 0.1) is 13.2 Å². The monoisotopic (exact) mass is 269 g/mol. The van der Waals surface area contributed by atoms with E-state index in [-0.39, 0.29) is 25.0 Å². The van der Waals surface area contributed by atoms with Crippen molar-refractivity contribution in [3.8, 4) is 0 Å². The summed E-state index contributed by atoms with van der Waals surface area (Å²) in [5.41, 5.74) is 0. The summed E-state index contributed by atoms with van der Waals surface area (Å²) >= 11 is 0. The Kier molecular flexibility index (Phi) is 5.15. The van der Waals surface area contributed by atoms with Crippen molar-refractivity contribution in [2.75, 3.05) is 39.3 Å². The van der Waals surface area contributed by atoms with E-state index in [0.29, 0.717) is 32.1 Å². The number of rotatable bonds is 6. The molecular weight excluding hydrogens is 246 g/mol. The Balaban J connectivity index is 1.85. The van der Waals surface area contributed by atoms with Crippen molar-refractivity contribution in [3.63, 3.8) is 0 Å². The Bertz CT molecular complexity index is 329. The van der Waals surface area contributed by atoms with Gasteiger partial charge in [0.25, 0.3) is 0 Å². The van der Waals surface area contributed by atoms with Crippen molar-refractivity contribution >= 4 is 11.8 Å². The highest BCUT2D eigenvalue weighted by molar-refractivity contribution is 5.85. The number of aliphatic hydroxyl groups excluding tert-OH is 1. The molecule has 0 bridgehead atoms. The molecule has 2 rings (SSSR count). The number of likely N-dealkylation sites (tertiary alicyclic amines) is 1. The van der Waals surface area contributed by atoms with Crippen LogP contribution in [0.4, 0.5) is 0 Å². The zero-order valence-electron chi connectivity index (χ0n) is 11.3. The molecule has 108 valence electrons. The van der Waals surface area contributed by atoms with Crippen LogP contribution >= 0.6 is 0 Å². The molecule has 0 spiro atoms. The van der Waals surface area contributed by atoms with Crippen LogP contribution in [0, 0.1) is 0 Å². The van der Waals surface area contributed by atoms with Crippen LogP contribution in [0.25, 0.3) is 0 Å². The van der Waals surface area contributed by atoms with Gasteiger partial charge in [-0.2, -0.15) is 0 Å². The lowest BCUT2D eigenvalue weighted by atomic mass is 10.2. The number of nitrogens with zero attached hydrogens (tertiary/aromatic N) is 2. The van der Waals surface area contributed by atoms with E-state index in [9.17, 15) is 9.59 Å². The smallest absolute Gasteiger partial charge is 0.242 e. The van der Waals surface area contributed by atoms with E-state index in [0.717, 1.165) is 25.8 Å². The van der Waals surface area contributed by atoms with Crippen LogP contribution in [0.2, 0.25) is 0 Å². The summed E-state index contributed by atoms with van der Waals surface area (Å²) in [6, 6.07) is 0.324. The number of carbonyl (C=O) groups is 2. The zero-order chi connectivity index (χ0) is 13.7. The number of hydrogen-bond acceptors (Lipinski definition) is 4. The van der Waals surface area contributed by atoms with E-state index < -0.39 is 0 Å². The van der Waals surface area contributed by atoms with Gasteiger partial charge in [0.2, 0.25) is 11.8 Å². The van der Waals surface area contributed by atoms with Crippen LogP contribution in [0.15, 0.2) is 0 Å². The summed E-state index contributed by atoms with van der Waals surface area (Å²) in [6.45, 7) is 2.77. The molecule has 6 nitrogen and oxygen atoms in total. The first-order valence-corrected chi connectivity index (χ1v) is 7.10. The maximum absolute atomic E-state index is 12.2. The van der Waals surface area contributed by atoms with E-state index in [1.807, 2.05) is 0 Å². The minimum atomic E-state index is -0.0574. The van der Waals surface area contributed by atoms with Gasteiger partial charge >= 0.3 is 0 Å². The van der Waals surface area contributed by atoms with E-state index >= 15 is 0 Å². The minimum Gasteiger partial charge on any atom is -0.395 e. The molecular formula is C13H23N3O3. The molecule has 0 aromatic carbocycles. The quantitative estimate of drug-likeness (QED) is 0.661. The minimum absolute atomic E-state index is 0.0353. The first kappa shape index (κ1) is 14.3. The Morgan fingerprint density at radius 1 is 1.47 bits per heavy atom. The lowest BCUT2D eigenvalue weighted by Crippen LogP contribution is -2.46. The Labute approximate surface area is 113 Å². The highest BCUT2D eigenvalue weighted by Crippen LogP contribution is 2.11. The summed E-state index contributed by atoms with van der Waals surface area (Å²) in [5.74, 6) is 0.00860. The molecule has 2 N–H and O–H groups in total. The zero-order valence-corrected chi connectivity index (χ0v) is 11.3. The van der Waals surface area contributed by atoms with Gasteiger partial charge in [0, 0.05) is 32.1 Å². The molecule has 0 aromatic rings. The van der Waals surface area contributed by atoms with E-state index in [2.05, 4.69) is 5.32 Å². The first-order valence-electron chi connectivity index (χ1n) is 7.10. The fraction of sp³-hybridized carbons (Fsp3) is 0.846. The van der Waals surface area contributed by atoms with E-state index in [4.69, 9.17) is 5.11 Å². The van der Waals surface area contributed by atoms with Crippen molar-refractivity contribution in [3.05, 3.63) is 0 Å². The normalized spacial score (nSPS) is 23.1. The highest BCUT2D eigenvalue weighted by atomic mass is 16.3. The van der Waals surface area contributed by atoms with Crippen LogP contribution in [0.1, 0.15) is 25.7 Å². The fourth-order valence-electron chi connectivity index (χ4n) is 2.75. The molecule has 2 aliphatic heterocycles. The lowest BCUT2D eigenvalue weighted by molar-refractivity contribution is -0.138. The molecule has 2 amide bonds. The average Bonchev–Trinajstić information content (AvgIpc) is 3.02. The van der Waals surface area contributed by atoms with Gasteiger partial charge < -0.3 is 20.2 Å². The van der Waals surface area contributed by atoms with Crippen LogP contribution in [0.3, 0.4) is 0 Å². The number of aliphatic hydroxyl groups is 1. The van der Waals surface area contributed by atoms with Crippen molar-refractivity contribution in [2.24, 2.45) is 0 Å². The van der Waals surface area contributed by atoms with Crippen LogP contribution in [0.5, 0.6) is 0 Å². The SMILES string of the molecule is O=C1CCCN1CC(=O)N(CCO)CC1CCCN1. The summed E-state index contributed by atoms with van der Waals surface area (Å²) in [6.07, 6.45) is 3.60. The first-order chi connectivity index (χ1) is 9.20. The maximum Gasteiger partial charge on any atom is 0.242 e. The Morgan fingerprint density at radius 3 is 2.89 bits per heavy atom. The van der Waals surface area contributed by atoms with Gasteiger partial charge in [-0.25, -0.2) is 0 Å². The fourth-order valence-corrected chi connectivity index (χ4v) is 2.75. The highest BCUT2D eigenvalue weighted by Gasteiger charge is 2.26. The average molecular weight is 269 g/mol.